The number of carboxylic acid groups (broad SMARTS) is 1. The number of benzene rings is 1. The fourth-order valence-corrected chi connectivity index (χ4v) is 3.82. The van der Waals surface area contributed by atoms with Gasteiger partial charge in [-0.2, -0.15) is 0 Å². The zero-order valence-electron chi connectivity index (χ0n) is 17.1. The molecule has 3 rings (SSSR count). The number of anilines is 1. The van der Waals surface area contributed by atoms with E-state index >= 15 is 0 Å². The number of hydrogen-bond donors (Lipinski definition) is 2. The lowest BCUT2D eigenvalue weighted by atomic mass is 9.96. The summed E-state index contributed by atoms with van der Waals surface area (Å²) in [6, 6.07) is 9.69. The summed E-state index contributed by atoms with van der Waals surface area (Å²) < 4.78 is 1.84. The molecular weight excluding hydrogens is 386 g/mol. The molecule has 1 unspecified atom stereocenters. The number of para-hydroxylation sites is 1. The molecule has 1 aliphatic carbocycles. The fourth-order valence-electron chi connectivity index (χ4n) is 3.82. The van der Waals surface area contributed by atoms with E-state index in [0.29, 0.717) is 17.7 Å². The Morgan fingerprint density at radius 3 is 2.57 bits per heavy atom. The van der Waals surface area contributed by atoms with Gasteiger partial charge in [0.2, 0.25) is 11.8 Å². The number of rotatable bonds is 7. The maximum Gasteiger partial charge on any atom is 0.322 e. The summed E-state index contributed by atoms with van der Waals surface area (Å²) in [6.07, 6.45) is 1.99. The van der Waals surface area contributed by atoms with Crippen LogP contribution in [0.1, 0.15) is 41.5 Å². The summed E-state index contributed by atoms with van der Waals surface area (Å²) in [5.41, 5.74) is 2.88. The predicted octanol–water partition coefficient (Wildman–Crippen LogP) is 1.94. The van der Waals surface area contributed by atoms with Gasteiger partial charge in [-0.3, -0.25) is 24.1 Å². The van der Waals surface area contributed by atoms with Gasteiger partial charge in [0.15, 0.2) is 5.78 Å². The van der Waals surface area contributed by atoms with Crippen LogP contribution in [0.15, 0.2) is 36.4 Å². The van der Waals surface area contributed by atoms with Crippen LogP contribution >= 0.6 is 0 Å². The molecule has 1 aromatic heterocycles. The van der Waals surface area contributed by atoms with Gasteiger partial charge in [-0.15, -0.1) is 0 Å². The maximum absolute atomic E-state index is 13.3. The van der Waals surface area contributed by atoms with Crippen LogP contribution in [0.3, 0.4) is 0 Å². The van der Waals surface area contributed by atoms with Crippen LogP contribution in [-0.4, -0.2) is 45.8 Å². The Labute approximate surface area is 174 Å². The number of fused-ring (bicyclic) bond motifs is 1. The molecule has 0 spiro atoms. The zero-order chi connectivity index (χ0) is 21.8. The number of ketones is 1. The summed E-state index contributed by atoms with van der Waals surface area (Å²) in [6.45, 7) is 2.88. The molecule has 0 bridgehead atoms. The molecule has 0 fully saturated rings. The number of nitrogens with zero attached hydrogens (tertiary/aromatic N) is 2. The third-order valence-corrected chi connectivity index (χ3v) is 5.31. The molecule has 2 aromatic rings. The Bertz CT molecular complexity index is 980. The lowest BCUT2D eigenvalue weighted by Crippen LogP contribution is -2.50. The number of carbonyl (C=O) groups excluding carboxylic acids is 3. The average molecular weight is 411 g/mol. The van der Waals surface area contributed by atoms with Gasteiger partial charge in [-0.1, -0.05) is 18.2 Å². The summed E-state index contributed by atoms with van der Waals surface area (Å²) in [5, 5.41) is 11.1. The van der Waals surface area contributed by atoms with Gasteiger partial charge in [-0.25, -0.2) is 0 Å². The molecule has 0 saturated carbocycles. The number of hydrogen-bond acceptors (Lipinski definition) is 4. The largest absolute Gasteiger partial charge is 0.480 e. The molecule has 0 aliphatic heterocycles. The van der Waals surface area contributed by atoms with E-state index in [1.807, 2.05) is 17.6 Å². The Morgan fingerprint density at radius 1 is 1.20 bits per heavy atom. The van der Waals surface area contributed by atoms with Gasteiger partial charge in [0, 0.05) is 29.1 Å². The monoisotopic (exact) mass is 411 g/mol. The number of carbonyl (C=O) groups is 4. The van der Waals surface area contributed by atoms with Gasteiger partial charge < -0.3 is 15.0 Å². The second-order valence-corrected chi connectivity index (χ2v) is 7.40. The molecule has 2 amide bonds. The topological polar surface area (TPSA) is 109 Å². The molecular formula is C22H25N3O5. The number of carboxylic acids is 1. The normalized spacial score (nSPS) is 14.0. The Balaban J connectivity index is 1.89. The highest BCUT2D eigenvalue weighted by Crippen LogP contribution is 2.26. The van der Waals surface area contributed by atoms with E-state index in [2.05, 4.69) is 5.32 Å². The first-order valence-electron chi connectivity index (χ1n) is 9.88. The minimum Gasteiger partial charge on any atom is -0.480 e. The highest BCUT2D eigenvalue weighted by molar-refractivity contribution is 6.01. The van der Waals surface area contributed by atoms with Gasteiger partial charge in [0.25, 0.3) is 0 Å². The van der Waals surface area contributed by atoms with E-state index in [0.717, 1.165) is 24.2 Å². The molecule has 1 atom stereocenters. The zero-order valence-corrected chi connectivity index (χ0v) is 17.1. The van der Waals surface area contributed by atoms with Crippen molar-refractivity contribution < 1.29 is 24.3 Å². The van der Waals surface area contributed by atoms with Crippen LogP contribution in [0, 0.1) is 6.92 Å². The summed E-state index contributed by atoms with van der Waals surface area (Å²) in [5.74, 6) is -1.95. The van der Waals surface area contributed by atoms with Crippen molar-refractivity contribution in [2.24, 2.45) is 0 Å². The van der Waals surface area contributed by atoms with E-state index in [9.17, 15) is 19.2 Å². The lowest BCUT2D eigenvalue weighted by molar-refractivity contribution is -0.138. The summed E-state index contributed by atoms with van der Waals surface area (Å²) >= 11 is 0. The molecule has 0 radical (unpaired) electrons. The van der Waals surface area contributed by atoms with E-state index < -0.39 is 24.5 Å². The third-order valence-electron chi connectivity index (χ3n) is 5.31. The quantitative estimate of drug-likeness (QED) is 0.724. The van der Waals surface area contributed by atoms with Crippen molar-refractivity contribution in [3.8, 4) is 0 Å². The van der Waals surface area contributed by atoms with E-state index in [-0.39, 0.29) is 18.2 Å². The van der Waals surface area contributed by atoms with Crippen molar-refractivity contribution in [1.82, 2.24) is 9.88 Å². The number of amides is 2. The first-order chi connectivity index (χ1) is 14.3. The van der Waals surface area contributed by atoms with Crippen molar-refractivity contribution >= 4 is 29.3 Å². The van der Waals surface area contributed by atoms with Crippen molar-refractivity contribution in [3.63, 3.8) is 0 Å². The van der Waals surface area contributed by atoms with Crippen LogP contribution in [0.25, 0.3) is 0 Å². The Hall–Kier alpha value is -3.42. The summed E-state index contributed by atoms with van der Waals surface area (Å²) in [7, 11) is 0. The second-order valence-electron chi connectivity index (χ2n) is 7.40. The van der Waals surface area contributed by atoms with E-state index in [4.69, 9.17) is 5.11 Å². The van der Waals surface area contributed by atoms with Crippen LogP contribution in [-0.2, 0) is 27.3 Å². The lowest BCUT2D eigenvalue weighted by Gasteiger charge is -2.29. The van der Waals surface area contributed by atoms with Crippen molar-refractivity contribution in [2.75, 3.05) is 11.4 Å². The van der Waals surface area contributed by atoms with Crippen LogP contribution in [0.5, 0.6) is 0 Å². The maximum atomic E-state index is 13.3. The molecule has 8 nitrogen and oxygen atoms in total. The number of aromatic nitrogens is 1. The SMILES string of the molecule is Cc1cc2c(n1CC(=O)N(c1ccccc1)C(C)C(=O)NCC(=O)O)CCCC2=O. The van der Waals surface area contributed by atoms with Gasteiger partial charge in [0.05, 0.1) is 0 Å². The van der Waals surface area contributed by atoms with Crippen molar-refractivity contribution in [3.05, 3.63) is 53.3 Å². The molecule has 1 aliphatic rings. The van der Waals surface area contributed by atoms with Crippen molar-refractivity contribution in [2.45, 2.75) is 45.7 Å². The smallest absolute Gasteiger partial charge is 0.322 e. The van der Waals surface area contributed by atoms with Crippen LogP contribution in [0.2, 0.25) is 0 Å². The minimum atomic E-state index is -1.16. The first kappa shape index (κ1) is 21.3. The molecule has 158 valence electrons. The highest BCUT2D eigenvalue weighted by Gasteiger charge is 2.30. The van der Waals surface area contributed by atoms with Crippen molar-refractivity contribution in [1.29, 1.82) is 0 Å². The Kier molecular flexibility index (Phi) is 6.34. The van der Waals surface area contributed by atoms with E-state index in [1.54, 1.807) is 37.3 Å². The molecule has 0 saturated heterocycles. The van der Waals surface area contributed by atoms with Gasteiger partial charge in [0.1, 0.15) is 19.1 Å². The predicted molar refractivity (Wildman–Crippen MR) is 110 cm³/mol. The first-order valence-corrected chi connectivity index (χ1v) is 9.88. The second kappa shape index (κ2) is 8.94. The highest BCUT2D eigenvalue weighted by atomic mass is 16.4. The van der Waals surface area contributed by atoms with Crippen LogP contribution in [0.4, 0.5) is 5.69 Å². The molecule has 8 heteroatoms. The van der Waals surface area contributed by atoms with Gasteiger partial charge in [-0.05, 0) is 44.9 Å². The number of aryl methyl sites for hydroxylation is 1. The number of nitrogens with one attached hydrogen (secondary N) is 1. The van der Waals surface area contributed by atoms with Gasteiger partial charge >= 0.3 is 5.97 Å². The summed E-state index contributed by atoms with van der Waals surface area (Å²) in [4.78, 5) is 50.2. The average Bonchev–Trinajstić information content (AvgIpc) is 3.04. The number of aliphatic carboxylic acids is 1. The standard InChI is InChI=1S/C22H25N3O5/c1-14-11-17-18(9-6-10-19(17)26)24(14)13-20(27)25(16-7-4-3-5-8-16)15(2)22(30)23-12-21(28)29/h3-5,7-8,11,15H,6,9-10,12-13H2,1-2H3,(H,23,30)(H,28,29). The minimum absolute atomic E-state index is 0.0140. The molecule has 30 heavy (non-hydrogen) atoms. The molecule has 1 aromatic carbocycles. The van der Waals surface area contributed by atoms with Crippen LogP contribution < -0.4 is 10.2 Å². The number of Topliss-reactive ketones (excluding diaryl/α,β-unsaturated/α-hetero) is 1. The fraction of sp³-hybridized carbons (Fsp3) is 0.364. The van der Waals surface area contributed by atoms with E-state index in [1.165, 1.54) is 4.90 Å². The Morgan fingerprint density at radius 2 is 1.90 bits per heavy atom. The molecule has 2 N–H and O–H groups in total. The molecule has 1 heterocycles. The third kappa shape index (κ3) is 4.42.